The Morgan fingerprint density at radius 1 is 1.22 bits per heavy atom. The van der Waals surface area contributed by atoms with Gasteiger partial charge < -0.3 is 10.6 Å². The summed E-state index contributed by atoms with van der Waals surface area (Å²) in [7, 11) is 0. The van der Waals surface area contributed by atoms with Crippen LogP contribution in [0.4, 0.5) is 5.00 Å². The van der Waals surface area contributed by atoms with Crippen molar-refractivity contribution >= 4 is 55.4 Å². The number of hydrogen-bond acceptors (Lipinski definition) is 5. The zero-order chi connectivity index (χ0) is 19.6. The Balaban J connectivity index is 1.80. The van der Waals surface area contributed by atoms with Gasteiger partial charge >= 0.3 is 0 Å². The number of thiophene rings is 1. The number of carbonyl (C=O) groups excluding carboxylic acids is 2. The molecule has 146 valence electrons. The minimum absolute atomic E-state index is 0.0402. The summed E-state index contributed by atoms with van der Waals surface area (Å²) in [4.78, 5) is 31.8. The lowest BCUT2D eigenvalue weighted by molar-refractivity contribution is -0.117. The molecule has 0 bridgehead atoms. The predicted molar refractivity (Wildman–Crippen MR) is 115 cm³/mol. The first-order valence-electron chi connectivity index (χ1n) is 9.06. The molecule has 0 aromatic carbocycles. The number of amides is 2. The van der Waals surface area contributed by atoms with Crippen molar-refractivity contribution in [3.8, 4) is 0 Å². The van der Waals surface area contributed by atoms with Crippen molar-refractivity contribution in [1.82, 2.24) is 10.3 Å². The third-order valence-corrected chi connectivity index (χ3v) is 6.97. The Bertz CT molecular complexity index is 852. The van der Waals surface area contributed by atoms with Gasteiger partial charge in [0.05, 0.1) is 12.1 Å². The first-order chi connectivity index (χ1) is 12.7. The molecule has 2 N–H and O–H groups in total. The van der Waals surface area contributed by atoms with E-state index in [4.69, 9.17) is 0 Å². The van der Waals surface area contributed by atoms with E-state index in [0.29, 0.717) is 23.5 Å². The molecule has 0 unspecified atom stereocenters. The highest BCUT2D eigenvalue weighted by molar-refractivity contribution is 9.11. The fraction of sp³-hybridized carbons (Fsp3) is 0.526. The predicted octanol–water partition coefficient (Wildman–Crippen LogP) is 5.15. The molecule has 1 aliphatic rings. The van der Waals surface area contributed by atoms with Crippen molar-refractivity contribution in [2.45, 2.75) is 59.4 Å². The first kappa shape index (κ1) is 20.5. The smallest absolute Gasteiger partial charge is 0.254 e. The van der Waals surface area contributed by atoms with Gasteiger partial charge in [-0.15, -0.1) is 22.7 Å². The van der Waals surface area contributed by atoms with E-state index in [2.05, 4.69) is 31.5 Å². The SMILES string of the molecule is CC(C)(C)CC(=O)Nc1sc2c(c1C(=O)NCc1cnc(Br)s1)CCCC2. The zero-order valence-corrected chi connectivity index (χ0v) is 19.0. The summed E-state index contributed by atoms with van der Waals surface area (Å²) in [6.07, 6.45) is 6.28. The summed E-state index contributed by atoms with van der Waals surface area (Å²) in [5.41, 5.74) is 1.67. The second kappa shape index (κ2) is 8.41. The van der Waals surface area contributed by atoms with Gasteiger partial charge in [-0.2, -0.15) is 0 Å². The van der Waals surface area contributed by atoms with E-state index in [1.165, 1.54) is 16.2 Å². The van der Waals surface area contributed by atoms with E-state index < -0.39 is 0 Å². The maximum Gasteiger partial charge on any atom is 0.254 e. The molecule has 1 aliphatic carbocycles. The van der Waals surface area contributed by atoms with E-state index in [1.54, 1.807) is 17.5 Å². The topological polar surface area (TPSA) is 71.1 Å². The van der Waals surface area contributed by atoms with Crippen molar-refractivity contribution in [2.75, 3.05) is 5.32 Å². The quantitative estimate of drug-likeness (QED) is 0.635. The number of fused-ring (bicyclic) bond motifs is 1. The van der Waals surface area contributed by atoms with Gasteiger partial charge in [-0.1, -0.05) is 20.8 Å². The number of aryl methyl sites for hydroxylation is 1. The van der Waals surface area contributed by atoms with Crippen molar-refractivity contribution in [1.29, 1.82) is 0 Å². The average Bonchev–Trinajstić information content (AvgIpc) is 3.13. The van der Waals surface area contributed by atoms with Crippen molar-refractivity contribution in [3.63, 3.8) is 0 Å². The lowest BCUT2D eigenvalue weighted by atomic mass is 9.92. The molecule has 0 saturated carbocycles. The Labute approximate surface area is 176 Å². The zero-order valence-electron chi connectivity index (χ0n) is 15.8. The molecule has 0 radical (unpaired) electrons. The van der Waals surface area contributed by atoms with E-state index in [0.717, 1.165) is 40.0 Å². The Kier molecular flexibility index (Phi) is 6.38. The fourth-order valence-electron chi connectivity index (χ4n) is 3.17. The first-order valence-corrected chi connectivity index (χ1v) is 11.5. The van der Waals surface area contributed by atoms with Gasteiger partial charge in [0.25, 0.3) is 5.91 Å². The molecule has 0 atom stereocenters. The summed E-state index contributed by atoms with van der Waals surface area (Å²) < 4.78 is 0.801. The number of anilines is 1. The molecular weight excluding hydrogens is 446 g/mol. The lowest BCUT2D eigenvalue weighted by Gasteiger charge is -2.17. The van der Waals surface area contributed by atoms with Gasteiger partial charge in [0.15, 0.2) is 3.92 Å². The molecule has 2 heterocycles. The van der Waals surface area contributed by atoms with Gasteiger partial charge in [0.1, 0.15) is 5.00 Å². The molecule has 2 aromatic rings. The normalized spacial score (nSPS) is 13.9. The number of carbonyl (C=O) groups is 2. The van der Waals surface area contributed by atoms with Crippen molar-refractivity contribution < 1.29 is 9.59 Å². The molecule has 8 heteroatoms. The molecule has 0 spiro atoms. The van der Waals surface area contributed by atoms with E-state index in [9.17, 15) is 9.59 Å². The number of aromatic nitrogens is 1. The van der Waals surface area contributed by atoms with Crippen LogP contribution in [-0.4, -0.2) is 16.8 Å². The maximum absolute atomic E-state index is 13.0. The van der Waals surface area contributed by atoms with Crippen molar-refractivity contribution in [3.05, 3.63) is 31.0 Å². The molecule has 2 amide bonds. The molecule has 0 saturated heterocycles. The maximum atomic E-state index is 13.0. The van der Waals surface area contributed by atoms with Crippen LogP contribution in [-0.2, 0) is 24.2 Å². The lowest BCUT2D eigenvalue weighted by Crippen LogP contribution is -2.26. The second-order valence-electron chi connectivity index (χ2n) is 7.96. The summed E-state index contributed by atoms with van der Waals surface area (Å²) >= 11 is 6.40. The summed E-state index contributed by atoms with van der Waals surface area (Å²) in [5, 5.41) is 6.70. The third-order valence-electron chi connectivity index (χ3n) is 4.29. The monoisotopic (exact) mass is 469 g/mol. The highest BCUT2D eigenvalue weighted by Crippen LogP contribution is 2.38. The number of nitrogens with one attached hydrogen (secondary N) is 2. The number of rotatable bonds is 5. The van der Waals surface area contributed by atoms with Crippen LogP contribution in [0.15, 0.2) is 10.1 Å². The molecular formula is C19H24BrN3O2S2. The largest absolute Gasteiger partial charge is 0.347 e. The highest BCUT2D eigenvalue weighted by atomic mass is 79.9. The van der Waals surface area contributed by atoms with Crippen LogP contribution in [0.25, 0.3) is 0 Å². The van der Waals surface area contributed by atoms with Crippen LogP contribution in [0, 0.1) is 5.41 Å². The standard InChI is InChI=1S/C19H24BrN3O2S2/c1-19(2,3)8-14(24)23-17-15(12-6-4-5-7-13(12)27-17)16(25)21-9-11-10-22-18(20)26-11/h10H,4-9H2,1-3H3,(H,21,25)(H,23,24). The van der Waals surface area contributed by atoms with Crippen molar-refractivity contribution in [2.24, 2.45) is 5.41 Å². The van der Waals surface area contributed by atoms with E-state index in [1.807, 2.05) is 20.8 Å². The number of nitrogens with zero attached hydrogens (tertiary/aromatic N) is 1. The number of hydrogen-bond donors (Lipinski definition) is 2. The van der Waals surface area contributed by atoms with Gasteiger partial charge in [0, 0.05) is 22.4 Å². The fourth-order valence-corrected chi connectivity index (χ4v) is 5.77. The Hall–Kier alpha value is -1.25. The number of halogens is 1. The molecule has 5 nitrogen and oxygen atoms in total. The number of thiazole rings is 1. The van der Waals surface area contributed by atoms with Gasteiger partial charge in [-0.3, -0.25) is 9.59 Å². The second-order valence-corrected chi connectivity index (χ2v) is 11.5. The van der Waals surface area contributed by atoms with Crippen LogP contribution < -0.4 is 10.6 Å². The van der Waals surface area contributed by atoms with Crippen LogP contribution in [0.3, 0.4) is 0 Å². The third kappa shape index (κ3) is 5.39. The summed E-state index contributed by atoms with van der Waals surface area (Å²) in [6, 6.07) is 0. The Morgan fingerprint density at radius 3 is 2.63 bits per heavy atom. The van der Waals surface area contributed by atoms with Gasteiger partial charge in [0.2, 0.25) is 5.91 Å². The molecule has 0 aliphatic heterocycles. The van der Waals surface area contributed by atoms with E-state index in [-0.39, 0.29) is 17.2 Å². The average molecular weight is 470 g/mol. The minimum Gasteiger partial charge on any atom is -0.347 e. The molecule has 2 aromatic heterocycles. The minimum atomic E-state index is -0.120. The van der Waals surface area contributed by atoms with E-state index >= 15 is 0 Å². The summed E-state index contributed by atoms with van der Waals surface area (Å²) in [6.45, 7) is 6.54. The van der Waals surface area contributed by atoms with Crippen LogP contribution in [0.1, 0.15) is 65.7 Å². The molecule has 0 fully saturated rings. The van der Waals surface area contributed by atoms with Crippen LogP contribution in [0.5, 0.6) is 0 Å². The summed E-state index contributed by atoms with van der Waals surface area (Å²) in [5.74, 6) is -0.161. The van der Waals surface area contributed by atoms with Crippen LogP contribution >= 0.6 is 38.6 Å². The Morgan fingerprint density at radius 2 is 1.96 bits per heavy atom. The van der Waals surface area contributed by atoms with Crippen LogP contribution in [0.2, 0.25) is 0 Å². The van der Waals surface area contributed by atoms with Gasteiger partial charge in [-0.05, 0) is 52.6 Å². The molecule has 3 rings (SSSR count). The molecule has 27 heavy (non-hydrogen) atoms. The highest BCUT2D eigenvalue weighted by Gasteiger charge is 2.27. The van der Waals surface area contributed by atoms with Gasteiger partial charge in [-0.25, -0.2) is 4.98 Å².